The molecule has 26 heavy (non-hydrogen) atoms. The van der Waals surface area contributed by atoms with Crippen LogP contribution < -0.4 is 5.32 Å². The van der Waals surface area contributed by atoms with Gasteiger partial charge >= 0.3 is 0 Å². The SMILES string of the molecule is CCCc1noc(CCC(=O)NCc2ccc(-n3ccnc3)c(F)c2)n1. The number of hydrogen-bond donors (Lipinski definition) is 1. The number of halogens is 1. The van der Waals surface area contributed by atoms with Gasteiger partial charge in [0.05, 0.1) is 12.0 Å². The van der Waals surface area contributed by atoms with E-state index >= 15 is 0 Å². The normalized spacial score (nSPS) is 10.8. The maximum atomic E-state index is 14.2. The fourth-order valence-corrected chi connectivity index (χ4v) is 2.50. The summed E-state index contributed by atoms with van der Waals surface area (Å²) in [6.07, 6.45) is 7.11. The van der Waals surface area contributed by atoms with Gasteiger partial charge in [-0.25, -0.2) is 9.37 Å². The molecule has 0 spiro atoms. The van der Waals surface area contributed by atoms with E-state index in [-0.39, 0.29) is 24.7 Å². The summed E-state index contributed by atoms with van der Waals surface area (Å²) in [6.45, 7) is 2.29. The van der Waals surface area contributed by atoms with Crippen LogP contribution in [0.5, 0.6) is 0 Å². The lowest BCUT2D eigenvalue weighted by atomic mass is 10.2. The van der Waals surface area contributed by atoms with Gasteiger partial charge in [-0.1, -0.05) is 18.1 Å². The van der Waals surface area contributed by atoms with Crippen LogP contribution in [0, 0.1) is 5.82 Å². The van der Waals surface area contributed by atoms with Gasteiger partial charge in [-0.2, -0.15) is 4.98 Å². The van der Waals surface area contributed by atoms with Crippen molar-refractivity contribution >= 4 is 5.91 Å². The van der Waals surface area contributed by atoms with E-state index in [9.17, 15) is 9.18 Å². The number of aromatic nitrogens is 4. The average molecular weight is 357 g/mol. The van der Waals surface area contributed by atoms with Gasteiger partial charge in [0.1, 0.15) is 5.82 Å². The molecule has 1 N–H and O–H groups in total. The molecule has 0 fully saturated rings. The van der Waals surface area contributed by atoms with Crippen molar-refractivity contribution in [3.63, 3.8) is 0 Å². The number of rotatable bonds is 8. The van der Waals surface area contributed by atoms with Crippen molar-refractivity contribution in [3.05, 3.63) is 60.0 Å². The summed E-state index contributed by atoms with van der Waals surface area (Å²) in [7, 11) is 0. The van der Waals surface area contributed by atoms with E-state index in [0.717, 1.165) is 12.8 Å². The van der Waals surface area contributed by atoms with E-state index in [0.29, 0.717) is 29.4 Å². The third kappa shape index (κ3) is 4.53. The van der Waals surface area contributed by atoms with Crippen LogP contribution in [-0.2, 0) is 24.2 Å². The van der Waals surface area contributed by atoms with Crippen LogP contribution in [0.25, 0.3) is 5.69 Å². The minimum absolute atomic E-state index is 0.153. The van der Waals surface area contributed by atoms with Crippen molar-refractivity contribution in [2.75, 3.05) is 0 Å². The van der Waals surface area contributed by atoms with Crippen molar-refractivity contribution < 1.29 is 13.7 Å². The molecule has 2 aromatic heterocycles. The number of benzene rings is 1. The predicted octanol–water partition coefficient (Wildman–Crippen LogP) is 2.60. The molecule has 8 heteroatoms. The quantitative estimate of drug-likeness (QED) is 0.670. The van der Waals surface area contributed by atoms with E-state index in [1.54, 1.807) is 29.1 Å². The Balaban J connectivity index is 1.49. The molecule has 0 bridgehead atoms. The third-order valence-electron chi connectivity index (χ3n) is 3.83. The Kier molecular flexibility index (Phi) is 5.73. The molecular weight excluding hydrogens is 337 g/mol. The zero-order valence-electron chi connectivity index (χ0n) is 14.5. The smallest absolute Gasteiger partial charge is 0.227 e. The summed E-state index contributed by atoms with van der Waals surface area (Å²) in [5.41, 5.74) is 1.10. The lowest BCUT2D eigenvalue weighted by Gasteiger charge is -2.08. The van der Waals surface area contributed by atoms with Gasteiger partial charge in [-0.05, 0) is 24.1 Å². The number of carbonyl (C=O) groups is 1. The predicted molar refractivity (Wildman–Crippen MR) is 92.0 cm³/mol. The standard InChI is InChI=1S/C18H20FN5O2/c1-2-3-16-22-18(26-23-16)7-6-17(25)21-11-13-4-5-15(14(19)10-13)24-9-8-20-12-24/h4-5,8-10,12H,2-3,6-7,11H2,1H3,(H,21,25). The first kappa shape index (κ1) is 17.8. The van der Waals surface area contributed by atoms with E-state index in [1.807, 2.05) is 6.92 Å². The van der Waals surface area contributed by atoms with Gasteiger partial charge in [0, 0.05) is 38.2 Å². The molecule has 0 radical (unpaired) electrons. The van der Waals surface area contributed by atoms with Crippen LogP contribution in [0.3, 0.4) is 0 Å². The van der Waals surface area contributed by atoms with Crippen molar-refractivity contribution in [2.24, 2.45) is 0 Å². The molecule has 3 aromatic rings. The Morgan fingerprint density at radius 2 is 2.23 bits per heavy atom. The van der Waals surface area contributed by atoms with E-state index in [4.69, 9.17) is 4.52 Å². The van der Waals surface area contributed by atoms with Crippen molar-refractivity contribution in [3.8, 4) is 5.69 Å². The van der Waals surface area contributed by atoms with Crippen LogP contribution >= 0.6 is 0 Å². The second-order valence-electron chi connectivity index (χ2n) is 5.89. The topological polar surface area (TPSA) is 85.8 Å². The van der Waals surface area contributed by atoms with Gasteiger partial charge in [0.15, 0.2) is 5.82 Å². The molecule has 1 aromatic carbocycles. The lowest BCUT2D eigenvalue weighted by Crippen LogP contribution is -2.23. The van der Waals surface area contributed by atoms with Crippen LogP contribution in [0.4, 0.5) is 4.39 Å². The second kappa shape index (κ2) is 8.37. The van der Waals surface area contributed by atoms with Crippen LogP contribution in [0.1, 0.15) is 37.0 Å². The Labute approximate surface area is 150 Å². The maximum absolute atomic E-state index is 14.2. The third-order valence-corrected chi connectivity index (χ3v) is 3.83. The molecule has 1 amide bonds. The maximum Gasteiger partial charge on any atom is 0.227 e. The summed E-state index contributed by atoms with van der Waals surface area (Å²) in [6, 6.07) is 4.84. The van der Waals surface area contributed by atoms with E-state index in [1.165, 1.54) is 12.4 Å². The minimum Gasteiger partial charge on any atom is -0.352 e. The number of hydrogen-bond acceptors (Lipinski definition) is 5. The Morgan fingerprint density at radius 1 is 1.35 bits per heavy atom. The van der Waals surface area contributed by atoms with Crippen LogP contribution in [0.2, 0.25) is 0 Å². The summed E-state index contributed by atoms with van der Waals surface area (Å²) >= 11 is 0. The molecular formula is C18H20FN5O2. The molecule has 2 heterocycles. The Morgan fingerprint density at radius 3 is 2.96 bits per heavy atom. The zero-order chi connectivity index (χ0) is 18.4. The summed E-state index contributed by atoms with van der Waals surface area (Å²) < 4.78 is 20.9. The molecule has 7 nitrogen and oxygen atoms in total. The number of amides is 1. The van der Waals surface area contributed by atoms with Gasteiger partial charge in [0.2, 0.25) is 11.8 Å². The number of nitrogens with one attached hydrogen (secondary N) is 1. The van der Waals surface area contributed by atoms with Gasteiger partial charge in [-0.3, -0.25) is 4.79 Å². The highest BCUT2D eigenvalue weighted by Gasteiger charge is 2.10. The fourth-order valence-electron chi connectivity index (χ4n) is 2.50. The molecule has 0 unspecified atom stereocenters. The zero-order valence-corrected chi connectivity index (χ0v) is 14.5. The molecule has 0 aliphatic rings. The first-order chi connectivity index (χ1) is 12.7. The monoisotopic (exact) mass is 357 g/mol. The molecule has 0 aliphatic carbocycles. The second-order valence-corrected chi connectivity index (χ2v) is 5.89. The summed E-state index contributed by atoms with van der Waals surface area (Å²) in [5.74, 6) is 0.596. The highest BCUT2D eigenvalue weighted by molar-refractivity contribution is 5.76. The number of aryl methyl sites for hydroxylation is 2. The van der Waals surface area contributed by atoms with Gasteiger partial charge in [-0.15, -0.1) is 0 Å². The van der Waals surface area contributed by atoms with Crippen LogP contribution in [0.15, 0.2) is 41.4 Å². The highest BCUT2D eigenvalue weighted by atomic mass is 19.1. The Bertz CT molecular complexity index is 860. The van der Waals surface area contributed by atoms with Crippen molar-refractivity contribution in [2.45, 2.75) is 39.2 Å². The van der Waals surface area contributed by atoms with Crippen LogP contribution in [-0.4, -0.2) is 25.6 Å². The molecule has 136 valence electrons. The largest absolute Gasteiger partial charge is 0.352 e. The first-order valence-electron chi connectivity index (χ1n) is 8.50. The highest BCUT2D eigenvalue weighted by Crippen LogP contribution is 2.15. The van der Waals surface area contributed by atoms with Gasteiger partial charge < -0.3 is 14.4 Å². The fraction of sp³-hybridized carbons (Fsp3) is 0.333. The van der Waals surface area contributed by atoms with E-state index < -0.39 is 0 Å². The molecule has 0 atom stereocenters. The lowest BCUT2D eigenvalue weighted by molar-refractivity contribution is -0.121. The van der Waals surface area contributed by atoms with Crippen molar-refractivity contribution in [1.82, 2.24) is 25.0 Å². The number of imidazole rings is 1. The number of nitrogens with zero attached hydrogens (tertiary/aromatic N) is 4. The molecule has 0 aliphatic heterocycles. The average Bonchev–Trinajstić information content (AvgIpc) is 3.30. The number of carbonyl (C=O) groups excluding carboxylic acids is 1. The van der Waals surface area contributed by atoms with Crippen molar-refractivity contribution in [1.29, 1.82) is 0 Å². The summed E-state index contributed by atoms with van der Waals surface area (Å²) in [5, 5.41) is 6.62. The molecule has 0 saturated heterocycles. The molecule has 0 saturated carbocycles. The minimum atomic E-state index is -0.371. The van der Waals surface area contributed by atoms with Gasteiger partial charge in [0.25, 0.3) is 0 Å². The molecule has 3 rings (SSSR count). The van der Waals surface area contributed by atoms with E-state index in [2.05, 4.69) is 20.4 Å². The first-order valence-corrected chi connectivity index (χ1v) is 8.50. The summed E-state index contributed by atoms with van der Waals surface area (Å²) in [4.78, 5) is 20.1. The Hall–Kier alpha value is -3.03.